The van der Waals surface area contributed by atoms with E-state index in [9.17, 15) is 0 Å². The number of carboxylic acids is 1. The average Bonchev–Trinajstić information content (AvgIpc) is 2.19. The van der Waals surface area contributed by atoms with Gasteiger partial charge >= 0.3 is 0 Å². The molecule has 0 amide bonds. The summed E-state index contributed by atoms with van der Waals surface area (Å²) in [6.45, 7) is 10.0. The van der Waals surface area contributed by atoms with Crippen LogP contribution < -0.4 is 5.11 Å². The molecule has 0 bridgehead atoms. The lowest BCUT2D eigenvalue weighted by Crippen LogP contribution is -2.61. The molecule has 0 saturated carbocycles. The summed E-state index contributed by atoms with van der Waals surface area (Å²) in [5, 5.41) is 8.89. The number of carboxylic acid groups (broad SMARTS) is 1. The largest absolute Gasteiger partial charge is 0.550 e. The van der Waals surface area contributed by atoms with Crippen molar-refractivity contribution >= 4 is 5.97 Å². The van der Waals surface area contributed by atoms with Crippen molar-refractivity contribution in [3.05, 3.63) is 0 Å². The molecular formula is C14H29NO3. The van der Waals surface area contributed by atoms with E-state index >= 15 is 0 Å². The second kappa shape index (κ2) is 7.10. The maximum atomic E-state index is 8.89. The second-order valence-corrected chi connectivity index (χ2v) is 6.20. The Morgan fingerprint density at radius 1 is 1.44 bits per heavy atom. The maximum Gasteiger partial charge on any atom is 0.0956 e. The molecular weight excluding hydrogens is 230 g/mol. The van der Waals surface area contributed by atoms with Crippen LogP contribution >= 0.6 is 0 Å². The van der Waals surface area contributed by atoms with E-state index in [4.69, 9.17) is 14.6 Å². The first-order valence-corrected chi connectivity index (χ1v) is 6.74. The molecule has 1 rings (SSSR count). The van der Waals surface area contributed by atoms with Gasteiger partial charge in [-0.05, 0) is 27.2 Å². The van der Waals surface area contributed by atoms with Crippen LogP contribution in [0.2, 0.25) is 0 Å². The summed E-state index contributed by atoms with van der Waals surface area (Å²) in [5.41, 5.74) is 0.358. The molecule has 1 aliphatic rings. The zero-order valence-corrected chi connectivity index (χ0v) is 12.8. The number of ether oxygens (including phenoxy) is 1. The Hall–Kier alpha value is -0.610. The summed E-state index contributed by atoms with van der Waals surface area (Å²) >= 11 is 0. The van der Waals surface area contributed by atoms with Gasteiger partial charge in [0.25, 0.3) is 0 Å². The Morgan fingerprint density at radius 2 is 1.94 bits per heavy atom. The monoisotopic (exact) mass is 259 g/mol. The number of quaternary nitrogens is 1. The van der Waals surface area contributed by atoms with E-state index in [1.165, 1.54) is 19.4 Å². The van der Waals surface area contributed by atoms with Crippen LogP contribution in [0.5, 0.6) is 0 Å². The van der Waals surface area contributed by atoms with E-state index in [1.807, 2.05) is 0 Å². The maximum absolute atomic E-state index is 8.89. The van der Waals surface area contributed by atoms with Crippen LogP contribution in [-0.2, 0) is 9.53 Å². The van der Waals surface area contributed by atoms with Gasteiger partial charge in [-0.2, -0.15) is 0 Å². The van der Waals surface area contributed by atoms with Crippen LogP contribution in [0, 0.1) is 0 Å². The third-order valence-electron chi connectivity index (χ3n) is 3.93. The van der Waals surface area contributed by atoms with Crippen molar-refractivity contribution < 1.29 is 19.1 Å². The smallest absolute Gasteiger partial charge is 0.0956 e. The van der Waals surface area contributed by atoms with Crippen molar-refractivity contribution in [3.8, 4) is 0 Å². The molecule has 108 valence electrons. The first kappa shape index (κ1) is 17.4. The number of rotatable bonds is 3. The van der Waals surface area contributed by atoms with E-state index in [0.29, 0.717) is 11.6 Å². The van der Waals surface area contributed by atoms with E-state index in [0.717, 1.165) is 24.4 Å². The number of carbonyl (C=O) groups excluding carboxylic acids is 1. The number of hydrogen-bond acceptors (Lipinski definition) is 3. The fourth-order valence-corrected chi connectivity index (χ4v) is 2.10. The topological polar surface area (TPSA) is 49.4 Å². The zero-order valence-electron chi connectivity index (χ0n) is 12.8. The summed E-state index contributed by atoms with van der Waals surface area (Å²) in [4.78, 5) is 8.89. The van der Waals surface area contributed by atoms with Gasteiger partial charge in [-0.3, -0.25) is 0 Å². The average molecular weight is 259 g/mol. The number of piperidine rings is 1. The summed E-state index contributed by atoms with van der Waals surface area (Å²) in [6.07, 6.45) is 4.04. The summed E-state index contributed by atoms with van der Waals surface area (Å²) < 4.78 is 6.98. The van der Waals surface area contributed by atoms with Crippen LogP contribution in [0.25, 0.3) is 0 Å². The minimum atomic E-state index is -1.08. The van der Waals surface area contributed by atoms with Crippen molar-refractivity contribution in [2.45, 2.75) is 58.6 Å². The Kier molecular flexibility index (Phi) is 6.86. The second-order valence-electron chi connectivity index (χ2n) is 6.20. The third kappa shape index (κ3) is 5.83. The first-order chi connectivity index (χ1) is 8.12. The van der Waals surface area contributed by atoms with Gasteiger partial charge in [-0.25, -0.2) is 0 Å². The molecule has 0 spiro atoms. The SMILES string of the molecule is CC(=O)[O-].CCCOC1CC[N+](C)(C)C(C)(C)C1. The summed E-state index contributed by atoms with van der Waals surface area (Å²) in [7, 11) is 4.66. The predicted molar refractivity (Wildman–Crippen MR) is 71.0 cm³/mol. The lowest BCUT2D eigenvalue weighted by Gasteiger charge is -2.50. The highest BCUT2D eigenvalue weighted by atomic mass is 16.5. The fraction of sp³-hybridized carbons (Fsp3) is 0.929. The molecule has 1 fully saturated rings. The molecule has 0 aromatic carbocycles. The first-order valence-electron chi connectivity index (χ1n) is 6.74. The highest BCUT2D eigenvalue weighted by Crippen LogP contribution is 2.32. The lowest BCUT2D eigenvalue weighted by atomic mass is 9.86. The van der Waals surface area contributed by atoms with Gasteiger partial charge in [0, 0.05) is 25.4 Å². The molecule has 0 aliphatic carbocycles. The molecule has 18 heavy (non-hydrogen) atoms. The lowest BCUT2D eigenvalue weighted by molar-refractivity contribution is -0.944. The molecule has 1 unspecified atom stereocenters. The van der Waals surface area contributed by atoms with Gasteiger partial charge in [-0.15, -0.1) is 0 Å². The number of likely N-dealkylation sites (tertiary alicyclic amines) is 1. The Bertz CT molecular complexity index is 258. The van der Waals surface area contributed by atoms with E-state index in [1.54, 1.807) is 0 Å². The summed E-state index contributed by atoms with van der Waals surface area (Å²) in [5.74, 6) is -1.08. The van der Waals surface area contributed by atoms with Gasteiger partial charge in [0.1, 0.15) is 0 Å². The molecule has 0 radical (unpaired) electrons. The van der Waals surface area contributed by atoms with Gasteiger partial charge in [0.15, 0.2) is 0 Å². The highest BCUT2D eigenvalue weighted by molar-refractivity contribution is 5.60. The standard InChI is InChI=1S/C12H26NO.C2H4O2/c1-6-9-14-11-7-8-13(4,5)12(2,3)10-11;1-2(3)4/h11H,6-10H2,1-5H3;1H3,(H,3,4)/q+1;/p-1. The quantitative estimate of drug-likeness (QED) is 0.715. The molecule has 1 aliphatic heterocycles. The van der Waals surface area contributed by atoms with E-state index in [-0.39, 0.29) is 0 Å². The van der Waals surface area contributed by atoms with Crippen molar-refractivity contribution in [2.75, 3.05) is 27.2 Å². The van der Waals surface area contributed by atoms with Crippen LogP contribution in [0.4, 0.5) is 0 Å². The molecule has 0 N–H and O–H groups in total. The van der Waals surface area contributed by atoms with Crippen molar-refractivity contribution in [3.63, 3.8) is 0 Å². The van der Waals surface area contributed by atoms with Crippen LogP contribution in [0.15, 0.2) is 0 Å². The van der Waals surface area contributed by atoms with Gasteiger partial charge in [-0.1, -0.05) is 6.92 Å². The fourth-order valence-electron chi connectivity index (χ4n) is 2.10. The summed E-state index contributed by atoms with van der Waals surface area (Å²) in [6, 6.07) is 0. The normalized spacial score (nSPS) is 24.9. The zero-order chi connectivity index (χ0) is 14.4. The van der Waals surface area contributed by atoms with Crippen LogP contribution in [0.1, 0.15) is 47.0 Å². The minimum Gasteiger partial charge on any atom is -0.550 e. The highest BCUT2D eigenvalue weighted by Gasteiger charge is 2.43. The Labute approximate surface area is 112 Å². The molecule has 1 saturated heterocycles. The molecule has 4 nitrogen and oxygen atoms in total. The third-order valence-corrected chi connectivity index (χ3v) is 3.93. The van der Waals surface area contributed by atoms with Gasteiger partial charge < -0.3 is 19.1 Å². The molecule has 0 aromatic heterocycles. The van der Waals surface area contributed by atoms with E-state index < -0.39 is 5.97 Å². The Balaban J connectivity index is 0.000000631. The Morgan fingerprint density at radius 3 is 2.33 bits per heavy atom. The number of carbonyl (C=O) groups is 1. The molecule has 1 heterocycles. The van der Waals surface area contributed by atoms with Crippen molar-refractivity contribution in [1.29, 1.82) is 0 Å². The van der Waals surface area contributed by atoms with Gasteiger partial charge in [0.05, 0.1) is 32.3 Å². The molecule has 0 aromatic rings. The van der Waals surface area contributed by atoms with Gasteiger partial charge in [0.2, 0.25) is 0 Å². The minimum absolute atomic E-state index is 0.358. The van der Waals surface area contributed by atoms with Crippen molar-refractivity contribution in [2.24, 2.45) is 0 Å². The molecule has 1 atom stereocenters. The number of aliphatic carboxylic acids is 1. The number of nitrogens with zero attached hydrogens (tertiary/aromatic N) is 1. The molecule has 4 heteroatoms. The number of hydrogen-bond donors (Lipinski definition) is 0. The predicted octanol–water partition coefficient (Wildman–Crippen LogP) is 1.19. The van der Waals surface area contributed by atoms with Crippen LogP contribution in [0.3, 0.4) is 0 Å². The van der Waals surface area contributed by atoms with Crippen molar-refractivity contribution in [1.82, 2.24) is 0 Å². The van der Waals surface area contributed by atoms with Crippen LogP contribution in [-0.4, -0.2) is 49.3 Å². The van der Waals surface area contributed by atoms with E-state index in [2.05, 4.69) is 34.9 Å².